The lowest BCUT2D eigenvalue weighted by Crippen LogP contribution is -2.18. The van der Waals surface area contributed by atoms with Crippen LogP contribution in [0.3, 0.4) is 0 Å². The van der Waals surface area contributed by atoms with Gasteiger partial charge in [0.05, 0.1) is 11.2 Å². The molecule has 0 bridgehead atoms. The first-order valence-corrected chi connectivity index (χ1v) is 5.92. The van der Waals surface area contributed by atoms with Gasteiger partial charge in [0.2, 0.25) is 0 Å². The Hall–Kier alpha value is -2.04. The average Bonchev–Trinajstić information content (AvgIpc) is 2.68. The van der Waals surface area contributed by atoms with E-state index in [4.69, 9.17) is 5.73 Å². The third-order valence-corrected chi connectivity index (χ3v) is 3.04. The lowest BCUT2D eigenvalue weighted by Gasteiger charge is -2.15. The predicted octanol–water partition coefficient (Wildman–Crippen LogP) is 2.39. The number of anilines is 1. The quantitative estimate of drug-likeness (QED) is 0.816. The van der Waals surface area contributed by atoms with Crippen LogP contribution in [0.5, 0.6) is 0 Å². The van der Waals surface area contributed by atoms with Crippen molar-refractivity contribution in [2.24, 2.45) is 0 Å². The van der Waals surface area contributed by atoms with Gasteiger partial charge in [0.25, 0.3) is 0 Å². The molecule has 0 saturated heterocycles. The first kappa shape index (κ1) is 12.4. The molecule has 18 heavy (non-hydrogen) atoms. The zero-order valence-electron chi connectivity index (χ0n) is 10.7. The topological polar surface area (TPSA) is 81.1 Å². The van der Waals surface area contributed by atoms with Crippen molar-refractivity contribution in [3.8, 4) is 0 Å². The SMILES string of the molecule is CC(C)c1nc2c(N)cccc2n1C(C)C(=O)O. The number of aliphatic carboxylic acids is 1. The Morgan fingerprint density at radius 3 is 2.61 bits per heavy atom. The number of hydrogen-bond donors (Lipinski definition) is 2. The number of fused-ring (bicyclic) bond motifs is 1. The van der Waals surface area contributed by atoms with Crippen LogP contribution in [0.25, 0.3) is 11.0 Å². The maximum absolute atomic E-state index is 11.2. The zero-order valence-corrected chi connectivity index (χ0v) is 10.7. The minimum atomic E-state index is -0.876. The van der Waals surface area contributed by atoms with Gasteiger partial charge >= 0.3 is 5.97 Å². The van der Waals surface area contributed by atoms with Gasteiger partial charge in [0, 0.05) is 5.92 Å². The molecule has 0 radical (unpaired) electrons. The van der Waals surface area contributed by atoms with Gasteiger partial charge in [-0.2, -0.15) is 0 Å². The largest absolute Gasteiger partial charge is 0.480 e. The molecule has 0 spiro atoms. The number of carboxylic acids is 1. The summed E-state index contributed by atoms with van der Waals surface area (Å²) in [5.41, 5.74) is 7.91. The van der Waals surface area contributed by atoms with Crippen LogP contribution in [0.4, 0.5) is 5.69 Å². The minimum absolute atomic E-state index is 0.138. The van der Waals surface area contributed by atoms with Crippen molar-refractivity contribution in [2.75, 3.05) is 5.73 Å². The molecule has 5 nitrogen and oxygen atoms in total. The Bertz CT molecular complexity index is 602. The van der Waals surface area contributed by atoms with E-state index in [1.165, 1.54) is 0 Å². The van der Waals surface area contributed by atoms with E-state index >= 15 is 0 Å². The molecule has 2 rings (SSSR count). The summed E-state index contributed by atoms with van der Waals surface area (Å²) >= 11 is 0. The molecular weight excluding hydrogens is 230 g/mol. The summed E-state index contributed by atoms with van der Waals surface area (Å²) in [5.74, 6) is 0.00928. The fraction of sp³-hybridized carbons (Fsp3) is 0.385. The fourth-order valence-corrected chi connectivity index (χ4v) is 2.08. The number of rotatable bonds is 3. The second kappa shape index (κ2) is 4.33. The average molecular weight is 247 g/mol. The summed E-state index contributed by atoms with van der Waals surface area (Å²) in [6.07, 6.45) is 0. The van der Waals surface area contributed by atoms with Crippen molar-refractivity contribution in [3.05, 3.63) is 24.0 Å². The molecule has 0 aliphatic rings. The van der Waals surface area contributed by atoms with Crippen molar-refractivity contribution in [3.63, 3.8) is 0 Å². The van der Waals surface area contributed by atoms with Gasteiger partial charge < -0.3 is 15.4 Å². The molecule has 1 unspecified atom stereocenters. The molecule has 3 N–H and O–H groups in total. The highest BCUT2D eigenvalue weighted by Crippen LogP contribution is 2.28. The Labute approximate surface area is 105 Å². The summed E-state index contributed by atoms with van der Waals surface area (Å²) in [5, 5.41) is 9.21. The normalized spacial score (nSPS) is 13.1. The number of carboxylic acid groups (broad SMARTS) is 1. The standard InChI is InChI=1S/C13H17N3O2/c1-7(2)12-15-11-9(14)5-4-6-10(11)16(12)8(3)13(17)18/h4-8H,14H2,1-3H3,(H,17,18). The van der Waals surface area contributed by atoms with E-state index in [2.05, 4.69) is 4.98 Å². The predicted molar refractivity (Wildman–Crippen MR) is 70.6 cm³/mol. The number of imidazole rings is 1. The van der Waals surface area contributed by atoms with Crippen LogP contribution in [0.15, 0.2) is 18.2 Å². The van der Waals surface area contributed by atoms with Crippen molar-refractivity contribution in [2.45, 2.75) is 32.7 Å². The number of hydrogen-bond acceptors (Lipinski definition) is 3. The van der Waals surface area contributed by atoms with Gasteiger partial charge in [-0.15, -0.1) is 0 Å². The third kappa shape index (κ3) is 1.81. The minimum Gasteiger partial charge on any atom is -0.480 e. The van der Waals surface area contributed by atoms with Crippen molar-refractivity contribution < 1.29 is 9.90 Å². The van der Waals surface area contributed by atoms with E-state index in [9.17, 15) is 9.90 Å². The summed E-state index contributed by atoms with van der Waals surface area (Å²) in [6.45, 7) is 5.63. The Kier molecular flexibility index (Phi) is 2.98. The van der Waals surface area contributed by atoms with E-state index in [1.807, 2.05) is 26.0 Å². The molecule has 0 amide bonds. The molecule has 1 aromatic carbocycles. The van der Waals surface area contributed by atoms with E-state index in [1.54, 1.807) is 17.6 Å². The summed E-state index contributed by atoms with van der Waals surface area (Å²) in [4.78, 5) is 15.7. The van der Waals surface area contributed by atoms with Crippen LogP contribution >= 0.6 is 0 Å². The first-order chi connectivity index (χ1) is 8.43. The monoisotopic (exact) mass is 247 g/mol. The van der Waals surface area contributed by atoms with E-state index in [0.717, 1.165) is 11.3 Å². The Balaban J connectivity index is 2.79. The van der Waals surface area contributed by atoms with Gasteiger partial charge in [0.15, 0.2) is 0 Å². The van der Waals surface area contributed by atoms with Gasteiger partial charge in [-0.05, 0) is 19.1 Å². The molecule has 2 aromatic rings. The molecule has 5 heteroatoms. The van der Waals surface area contributed by atoms with Crippen LogP contribution < -0.4 is 5.73 Å². The Morgan fingerprint density at radius 2 is 2.06 bits per heavy atom. The summed E-state index contributed by atoms with van der Waals surface area (Å²) in [7, 11) is 0. The van der Waals surface area contributed by atoms with E-state index in [0.29, 0.717) is 11.2 Å². The van der Waals surface area contributed by atoms with Gasteiger partial charge in [-0.1, -0.05) is 19.9 Å². The zero-order chi connectivity index (χ0) is 13.4. The van der Waals surface area contributed by atoms with Crippen molar-refractivity contribution >= 4 is 22.7 Å². The maximum atomic E-state index is 11.2. The van der Waals surface area contributed by atoms with Crippen LogP contribution in [-0.2, 0) is 4.79 Å². The van der Waals surface area contributed by atoms with Crippen molar-refractivity contribution in [1.29, 1.82) is 0 Å². The number of para-hydroxylation sites is 1. The van der Waals surface area contributed by atoms with Gasteiger partial charge in [-0.25, -0.2) is 9.78 Å². The highest BCUT2D eigenvalue weighted by Gasteiger charge is 2.22. The lowest BCUT2D eigenvalue weighted by atomic mass is 10.2. The molecule has 0 aliphatic heterocycles. The molecule has 0 fully saturated rings. The molecular formula is C13H17N3O2. The maximum Gasteiger partial charge on any atom is 0.326 e. The van der Waals surface area contributed by atoms with Crippen LogP contribution in [-0.4, -0.2) is 20.6 Å². The number of nitrogen functional groups attached to an aromatic ring is 1. The lowest BCUT2D eigenvalue weighted by molar-refractivity contribution is -0.140. The number of nitrogens with two attached hydrogens (primary N) is 1. The second-order valence-corrected chi connectivity index (χ2v) is 4.72. The van der Waals surface area contributed by atoms with Crippen LogP contribution in [0, 0.1) is 0 Å². The highest BCUT2D eigenvalue weighted by atomic mass is 16.4. The second-order valence-electron chi connectivity index (χ2n) is 4.72. The summed E-state index contributed by atoms with van der Waals surface area (Å²) < 4.78 is 1.75. The highest BCUT2D eigenvalue weighted by molar-refractivity contribution is 5.89. The molecule has 96 valence electrons. The number of nitrogens with zero attached hydrogens (tertiary/aromatic N) is 2. The molecule has 1 heterocycles. The molecule has 1 aromatic heterocycles. The van der Waals surface area contributed by atoms with Crippen molar-refractivity contribution in [1.82, 2.24) is 9.55 Å². The molecule has 0 aliphatic carbocycles. The van der Waals surface area contributed by atoms with Gasteiger partial charge in [-0.3, -0.25) is 0 Å². The van der Waals surface area contributed by atoms with Crippen LogP contribution in [0.2, 0.25) is 0 Å². The van der Waals surface area contributed by atoms with Crippen LogP contribution in [0.1, 0.15) is 38.6 Å². The third-order valence-electron chi connectivity index (χ3n) is 3.04. The van der Waals surface area contributed by atoms with Gasteiger partial charge in [0.1, 0.15) is 17.4 Å². The first-order valence-electron chi connectivity index (χ1n) is 5.92. The summed E-state index contributed by atoms with van der Waals surface area (Å²) in [6, 6.07) is 4.78. The Morgan fingerprint density at radius 1 is 1.39 bits per heavy atom. The molecule has 1 atom stereocenters. The smallest absolute Gasteiger partial charge is 0.326 e. The number of carbonyl (C=O) groups is 1. The number of aromatic nitrogens is 2. The van der Waals surface area contributed by atoms with E-state index < -0.39 is 12.0 Å². The molecule has 0 saturated carbocycles. The number of benzene rings is 1. The van der Waals surface area contributed by atoms with E-state index in [-0.39, 0.29) is 5.92 Å². The fourth-order valence-electron chi connectivity index (χ4n) is 2.08.